The first-order chi connectivity index (χ1) is 12.3. The van der Waals surface area contributed by atoms with Crippen LogP contribution in [0.25, 0.3) is 0 Å². The number of hydrogen-bond donors (Lipinski definition) is 1. The van der Waals surface area contributed by atoms with E-state index in [-0.39, 0.29) is 33.6 Å². The number of carbonyl (C=O) groups excluding carboxylic acids is 3. The maximum absolute atomic E-state index is 12.9. The zero-order valence-corrected chi connectivity index (χ0v) is 15.7. The van der Waals surface area contributed by atoms with Crippen LogP contribution in [0.2, 0.25) is 10.0 Å². The first kappa shape index (κ1) is 20.0. The number of hydrogen-bond acceptors (Lipinski definition) is 5. The van der Waals surface area contributed by atoms with Crippen LogP contribution in [0.1, 0.15) is 13.3 Å². The molecular formula is C17H17Cl2N3O4. The molecular weight excluding hydrogens is 381 g/mol. The Kier molecular flexibility index (Phi) is 6.42. The van der Waals surface area contributed by atoms with Crippen molar-refractivity contribution in [2.75, 3.05) is 18.6 Å². The fourth-order valence-corrected chi connectivity index (χ4v) is 2.58. The van der Waals surface area contributed by atoms with E-state index in [1.165, 1.54) is 31.3 Å². The summed E-state index contributed by atoms with van der Waals surface area (Å²) in [5.41, 5.74) is 2.85. The van der Waals surface area contributed by atoms with Crippen molar-refractivity contribution in [3.8, 4) is 0 Å². The van der Waals surface area contributed by atoms with Crippen molar-refractivity contribution in [3.63, 3.8) is 0 Å². The maximum Gasteiger partial charge on any atom is 0.338 e. The fourth-order valence-electron chi connectivity index (χ4n) is 2.29. The maximum atomic E-state index is 12.9. The number of amides is 4. The van der Waals surface area contributed by atoms with Crippen molar-refractivity contribution in [1.82, 2.24) is 10.4 Å². The fraction of sp³-hybridized carbons (Fsp3) is 0.235. The molecule has 26 heavy (non-hydrogen) atoms. The van der Waals surface area contributed by atoms with Crippen LogP contribution in [0.4, 0.5) is 10.5 Å². The van der Waals surface area contributed by atoms with E-state index in [4.69, 9.17) is 28.0 Å². The van der Waals surface area contributed by atoms with Gasteiger partial charge in [0.05, 0.1) is 28.0 Å². The minimum absolute atomic E-state index is 0.171. The van der Waals surface area contributed by atoms with Gasteiger partial charge in [-0.1, -0.05) is 36.2 Å². The van der Waals surface area contributed by atoms with E-state index in [0.29, 0.717) is 6.42 Å². The van der Waals surface area contributed by atoms with Gasteiger partial charge in [-0.2, -0.15) is 0 Å². The average Bonchev–Trinajstić information content (AvgIpc) is 2.61. The summed E-state index contributed by atoms with van der Waals surface area (Å²) in [6, 6.07) is 3.53. The normalized spacial score (nSPS) is 16.8. The summed E-state index contributed by atoms with van der Waals surface area (Å²) in [6.07, 6.45) is 1.81. The van der Waals surface area contributed by atoms with Gasteiger partial charge in [-0.05, 0) is 24.6 Å². The Morgan fingerprint density at radius 3 is 2.50 bits per heavy atom. The molecule has 1 aliphatic rings. The molecule has 0 saturated carbocycles. The molecule has 0 aromatic heterocycles. The molecule has 0 aliphatic carbocycles. The predicted octanol–water partition coefficient (Wildman–Crippen LogP) is 3.29. The van der Waals surface area contributed by atoms with Gasteiger partial charge in [0.2, 0.25) is 0 Å². The second-order valence-corrected chi connectivity index (χ2v) is 6.11. The summed E-state index contributed by atoms with van der Waals surface area (Å²) in [4.78, 5) is 44.8. The molecule has 1 fully saturated rings. The topological polar surface area (TPSA) is 79.0 Å². The summed E-state index contributed by atoms with van der Waals surface area (Å²) in [5, 5.41) is 0.458. The number of hydroxylamine groups is 1. The van der Waals surface area contributed by atoms with E-state index in [0.717, 1.165) is 9.80 Å². The summed E-state index contributed by atoms with van der Waals surface area (Å²) < 4.78 is 0. The van der Waals surface area contributed by atoms with Gasteiger partial charge in [0.15, 0.2) is 0 Å². The molecule has 1 aromatic carbocycles. The molecule has 1 N–H and O–H groups in total. The molecule has 138 valence electrons. The van der Waals surface area contributed by atoms with Crippen molar-refractivity contribution >= 4 is 46.7 Å². The van der Waals surface area contributed by atoms with Crippen LogP contribution in [-0.4, -0.2) is 36.4 Å². The number of barbiturate groups is 1. The smallest absolute Gasteiger partial charge is 0.272 e. The standard InChI is InChI=1S/C17H17Cl2N3O4/c1-4-8-26-20-13(5-2)14-15(23)21(3)17(25)22(16(14)24)10-6-7-11(18)12(19)9-10/h4,6-7,9,20H,1,5,8H2,2-3H3. The van der Waals surface area contributed by atoms with Crippen LogP contribution in [0.5, 0.6) is 0 Å². The average molecular weight is 398 g/mol. The van der Waals surface area contributed by atoms with Gasteiger partial charge < -0.3 is 0 Å². The lowest BCUT2D eigenvalue weighted by Crippen LogP contribution is -2.56. The molecule has 1 aromatic rings. The van der Waals surface area contributed by atoms with Crippen molar-refractivity contribution in [3.05, 3.63) is 52.2 Å². The molecule has 0 bridgehead atoms. The molecule has 4 amide bonds. The highest BCUT2D eigenvalue weighted by molar-refractivity contribution is 6.43. The number of rotatable bonds is 6. The molecule has 1 saturated heterocycles. The van der Waals surface area contributed by atoms with Gasteiger partial charge in [0.25, 0.3) is 11.8 Å². The number of benzene rings is 1. The molecule has 0 unspecified atom stereocenters. The largest absolute Gasteiger partial charge is 0.338 e. The lowest BCUT2D eigenvalue weighted by atomic mass is 10.1. The lowest BCUT2D eigenvalue weighted by Gasteiger charge is -2.32. The highest BCUT2D eigenvalue weighted by Gasteiger charge is 2.42. The molecule has 1 heterocycles. The van der Waals surface area contributed by atoms with E-state index in [1.54, 1.807) is 6.92 Å². The highest BCUT2D eigenvalue weighted by Crippen LogP contribution is 2.31. The Bertz CT molecular complexity index is 807. The quantitative estimate of drug-likeness (QED) is 0.262. The summed E-state index contributed by atoms with van der Waals surface area (Å²) >= 11 is 11.9. The predicted molar refractivity (Wildman–Crippen MR) is 98.7 cm³/mol. The molecule has 2 rings (SSSR count). The van der Waals surface area contributed by atoms with Crippen molar-refractivity contribution in [1.29, 1.82) is 0 Å². The summed E-state index contributed by atoms with van der Waals surface area (Å²) in [5.74, 6) is -1.49. The molecule has 9 heteroatoms. The number of urea groups is 1. The number of allylic oxidation sites excluding steroid dienone is 1. The Balaban J connectivity index is 2.51. The molecule has 1 aliphatic heterocycles. The van der Waals surface area contributed by atoms with Gasteiger partial charge in [0.1, 0.15) is 5.57 Å². The van der Waals surface area contributed by atoms with Crippen molar-refractivity contribution in [2.45, 2.75) is 13.3 Å². The number of likely N-dealkylation sites (N-methyl/N-ethyl adjacent to an activating group) is 1. The van der Waals surface area contributed by atoms with Crippen LogP contribution < -0.4 is 10.4 Å². The second kappa shape index (κ2) is 8.35. The van der Waals surface area contributed by atoms with Crippen molar-refractivity contribution in [2.24, 2.45) is 0 Å². The Morgan fingerprint density at radius 1 is 1.23 bits per heavy atom. The van der Waals surface area contributed by atoms with Gasteiger partial charge in [0, 0.05) is 7.05 Å². The first-order valence-corrected chi connectivity index (χ1v) is 8.42. The van der Waals surface area contributed by atoms with Gasteiger partial charge >= 0.3 is 6.03 Å². The SMILES string of the molecule is C=CCONC(CC)=C1C(=O)N(C)C(=O)N(c2ccc(Cl)c(Cl)c2)C1=O. The highest BCUT2D eigenvalue weighted by atomic mass is 35.5. The number of nitrogens with zero attached hydrogens (tertiary/aromatic N) is 2. The van der Waals surface area contributed by atoms with E-state index >= 15 is 0 Å². The minimum atomic E-state index is -0.787. The monoisotopic (exact) mass is 397 g/mol. The third kappa shape index (κ3) is 3.75. The van der Waals surface area contributed by atoms with Gasteiger partial charge in [-0.25, -0.2) is 9.69 Å². The number of anilines is 1. The van der Waals surface area contributed by atoms with Crippen LogP contribution in [-0.2, 0) is 14.4 Å². The van der Waals surface area contributed by atoms with Crippen LogP contribution >= 0.6 is 23.2 Å². The van der Waals surface area contributed by atoms with E-state index < -0.39 is 17.8 Å². The summed E-state index contributed by atoms with van der Waals surface area (Å²) in [6.45, 7) is 5.43. The van der Waals surface area contributed by atoms with Crippen LogP contribution in [0.15, 0.2) is 42.1 Å². The Labute approximate surface area is 160 Å². The third-order valence-electron chi connectivity index (χ3n) is 3.63. The molecule has 0 radical (unpaired) electrons. The van der Waals surface area contributed by atoms with Crippen LogP contribution in [0.3, 0.4) is 0 Å². The number of carbonyl (C=O) groups is 3. The molecule has 7 nitrogen and oxygen atoms in total. The third-order valence-corrected chi connectivity index (χ3v) is 4.37. The van der Waals surface area contributed by atoms with E-state index in [2.05, 4.69) is 12.1 Å². The zero-order chi connectivity index (χ0) is 19.4. The lowest BCUT2D eigenvalue weighted by molar-refractivity contribution is -0.128. The Hall–Kier alpha value is -2.35. The minimum Gasteiger partial charge on any atom is -0.272 e. The molecule has 0 atom stereocenters. The van der Waals surface area contributed by atoms with E-state index in [9.17, 15) is 14.4 Å². The van der Waals surface area contributed by atoms with Gasteiger partial charge in [-0.15, -0.1) is 6.58 Å². The number of imide groups is 2. The van der Waals surface area contributed by atoms with E-state index in [1.807, 2.05) is 0 Å². The van der Waals surface area contributed by atoms with Gasteiger partial charge in [-0.3, -0.25) is 24.8 Å². The van der Waals surface area contributed by atoms with Crippen LogP contribution in [0, 0.1) is 0 Å². The first-order valence-electron chi connectivity index (χ1n) is 7.66. The Morgan fingerprint density at radius 2 is 1.92 bits per heavy atom. The number of nitrogens with one attached hydrogen (secondary N) is 1. The zero-order valence-electron chi connectivity index (χ0n) is 14.2. The number of halogens is 2. The molecule has 0 spiro atoms. The summed E-state index contributed by atoms with van der Waals surface area (Å²) in [7, 11) is 1.29. The van der Waals surface area contributed by atoms with Crippen molar-refractivity contribution < 1.29 is 19.2 Å². The second-order valence-electron chi connectivity index (χ2n) is 5.29.